The molecule has 0 amide bonds. The lowest BCUT2D eigenvalue weighted by atomic mass is 10.3. The Balaban J connectivity index is 0.000000211. The van der Waals surface area contributed by atoms with Crippen molar-refractivity contribution in [3.05, 3.63) is 0 Å². The van der Waals surface area contributed by atoms with Crippen molar-refractivity contribution >= 4 is 11.6 Å². The Labute approximate surface area is 127 Å². The SMILES string of the molecule is CC(=O)CN1CC[C@H](O)C1.CO[C@@H]1CCN(CC(C)=O)C1. The summed E-state index contributed by atoms with van der Waals surface area (Å²) in [5, 5.41) is 9.06. The van der Waals surface area contributed by atoms with Gasteiger partial charge in [-0.3, -0.25) is 19.4 Å². The molecule has 2 aliphatic rings. The van der Waals surface area contributed by atoms with Crippen LogP contribution in [0.2, 0.25) is 0 Å². The predicted molar refractivity (Wildman–Crippen MR) is 80.3 cm³/mol. The molecule has 21 heavy (non-hydrogen) atoms. The molecule has 0 aromatic carbocycles. The zero-order valence-corrected chi connectivity index (χ0v) is 13.4. The number of likely N-dealkylation sites (tertiary alicyclic amines) is 2. The molecule has 2 aliphatic heterocycles. The van der Waals surface area contributed by atoms with Crippen LogP contribution in [0.3, 0.4) is 0 Å². The van der Waals surface area contributed by atoms with E-state index in [4.69, 9.17) is 9.84 Å². The molecule has 2 fully saturated rings. The maximum Gasteiger partial charge on any atom is 0.143 e. The number of rotatable bonds is 5. The van der Waals surface area contributed by atoms with Crippen LogP contribution in [0.1, 0.15) is 26.7 Å². The normalized spacial score (nSPS) is 26.5. The van der Waals surface area contributed by atoms with Crippen molar-refractivity contribution in [1.29, 1.82) is 0 Å². The van der Waals surface area contributed by atoms with Gasteiger partial charge in [0.05, 0.1) is 25.3 Å². The predicted octanol–water partition coefficient (Wildman–Crippen LogP) is -0.0619. The zero-order chi connectivity index (χ0) is 15.8. The van der Waals surface area contributed by atoms with Crippen LogP contribution in [0.25, 0.3) is 0 Å². The first kappa shape index (κ1) is 18.2. The molecule has 6 nitrogen and oxygen atoms in total. The van der Waals surface area contributed by atoms with Crippen molar-refractivity contribution in [3.63, 3.8) is 0 Å². The lowest BCUT2D eigenvalue weighted by Crippen LogP contribution is -2.27. The zero-order valence-electron chi connectivity index (χ0n) is 13.4. The van der Waals surface area contributed by atoms with Crippen LogP contribution in [0.5, 0.6) is 0 Å². The molecule has 0 bridgehead atoms. The molecule has 0 spiro atoms. The van der Waals surface area contributed by atoms with E-state index in [1.807, 2.05) is 4.90 Å². The van der Waals surface area contributed by atoms with Crippen molar-refractivity contribution in [1.82, 2.24) is 9.80 Å². The van der Waals surface area contributed by atoms with Gasteiger partial charge in [0.15, 0.2) is 0 Å². The fourth-order valence-corrected chi connectivity index (χ4v) is 2.72. The van der Waals surface area contributed by atoms with Gasteiger partial charge in [-0.25, -0.2) is 0 Å². The smallest absolute Gasteiger partial charge is 0.143 e. The lowest BCUT2D eigenvalue weighted by Gasteiger charge is -2.12. The minimum Gasteiger partial charge on any atom is -0.392 e. The van der Waals surface area contributed by atoms with E-state index in [0.717, 1.165) is 32.5 Å². The number of ketones is 2. The molecule has 2 saturated heterocycles. The fourth-order valence-electron chi connectivity index (χ4n) is 2.72. The van der Waals surface area contributed by atoms with E-state index in [0.29, 0.717) is 25.7 Å². The van der Waals surface area contributed by atoms with E-state index >= 15 is 0 Å². The number of nitrogens with zero attached hydrogens (tertiary/aromatic N) is 2. The standard InChI is InChI=1S/C8H15NO2.C7H13NO2/c1-7(10)5-9-4-3-8(6-9)11-2;1-6(9)4-8-3-2-7(10)5-8/h8H,3-6H2,1-2H3;7,10H,2-5H2,1H3/t8-;7-/m10/s1. The van der Waals surface area contributed by atoms with Gasteiger partial charge in [0, 0.05) is 33.3 Å². The van der Waals surface area contributed by atoms with Gasteiger partial charge in [-0.15, -0.1) is 0 Å². The first-order valence-electron chi connectivity index (χ1n) is 7.55. The molecule has 0 radical (unpaired) electrons. The van der Waals surface area contributed by atoms with Crippen molar-refractivity contribution in [2.75, 3.05) is 46.4 Å². The molecule has 0 unspecified atom stereocenters. The van der Waals surface area contributed by atoms with Gasteiger partial charge in [0.2, 0.25) is 0 Å². The van der Waals surface area contributed by atoms with E-state index in [2.05, 4.69) is 4.90 Å². The Bertz CT molecular complexity index is 349. The van der Waals surface area contributed by atoms with Crippen LogP contribution < -0.4 is 0 Å². The van der Waals surface area contributed by atoms with Gasteiger partial charge in [-0.1, -0.05) is 0 Å². The summed E-state index contributed by atoms with van der Waals surface area (Å²) >= 11 is 0. The minimum absolute atomic E-state index is 0.175. The van der Waals surface area contributed by atoms with Gasteiger partial charge in [-0.05, 0) is 26.7 Å². The number of aliphatic hydroxyl groups excluding tert-OH is 1. The number of carbonyl (C=O) groups is 2. The van der Waals surface area contributed by atoms with E-state index in [1.165, 1.54) is 0 Å². The monoisotopic (exact) mass is 300 g/mol. The third-order valence-electron chi connectivity index (χ3n) is 3.70. The summed E-state index contributed by atoms with van der Waals surface area (Å²) in [6.07, 6.45) is 2.01. The summed E-state index contributed by atoms with van der Waals surface area (Å²) < 4.78 is 5.17. The highest BCUT2D eigenvalue weighted by Crippen LogP contribution is 2.10. The average molecular weight is 300 g/mol. The van der Waals surface area contributed by atoms with E-state index < -0.39 is 0 Å². The van der Waals surface area contributed by atoms with Crippen LogP contribution in [0.4, 0.5) is 0 Å². The molecule has 2 rings (SSSR count). The second-order valence-electron chi connectivity index (χ2n) is 5.96. The van der Waals surface area contributed by atoms with Crippen molar-refractivity contribution in [3.8, 4) is 0 Å². The third kappa shape index (κ3) is 7.66. The molecule has 6 heteroatoms. The van der Waals surface area contributed by atoms with E-state index in [-0.39, 0.29) is 17.7 Å². The Morgan fingerprint density at radius 3 is 1.95 bits per heavy atom. The average Bonchev–Trinajstić information content (AvgIpc) is 2.98. The summed E-state index contributed by atoms with van der Waals surface area (Å²) in [7, 11) is 1.72. The lowest BCUT2D eigenvalue weighted by molar-refractivity contribution is -0.118. The second kappa shape index (κ2) is 9.25. The summed E-state index contributed by atoms with van der Waals surface area (Å²) in [5.41, 5.74) is 0. The Hall–Kier alpha value is -0.820. The number of hydrogen-bond donors (Lipinski definition) is 1. The van der Waals surface area contributed by atoms with Crippen molar-refractivity contribution < 1.29 is 19.4 Å². The molecule has 0 aromatic heterocycles. The molecular weight excluding hydrogens is 272 g/mol. The van der Waals surface area contributed by atoms with Crippen molar-refractivity contribution in [2.45, 2.75) is 38.9 Å². The van der Waals surface area contributed by atoms with Gasteiger partial charge in [-0.2, -0.15) is 0 Å². The maximum absolute atomic E-state index is 10.7. The largest absolute Gasteiger partial charge is 0.392 e. The highest BCUT2D eigenvalue weighted by Gasteiger charge is 2.22. The number of methoxy groups -OCH3 is 1. The molecule has 2 heterocycles. The maximum atomic E-state index is 10.7. The van der Waals surface area contributed by atoms with Crippen LogP contribution in [0.15, 0.2) is 0 Å². The van der Waals surface area contributed by atoms with Crippen LogP contribution in [-0.2, 0) is 14.3 Å². The molecule has 0 aromatic rings. The number of hydrogen-bond acceptors (Lipinski definition) is 6. The molecule has 0 aliphatic carbocycles. The van der Waals surface area contributed by atoms with Crippen molar-refractivity contribution in [2.24, 2.45) is 0 Å². The summed E-state index contributed by atoms with van der Waals surface area (Å²) in [6.45, 7) is 7.72. The van der Waals surface area contributed by atoms with E-state index in [9.17, 15) is 9.59 Å². The summed E-state index contributed by atoms with van der Waals surface area (Å²) in [4.78, 5) is 25.4. The highest BCUT2D eigenvalue weighted by molar-refractivity contribution is 5.77. The highest BCUT2D eigenvalue weighted by atomic mass is 16.5. The number of β-amino-alcohol motifs (C(OH)–C–C–N with tert-alkyl or cyclic N) is 1. The molecule has 122 valence electrons. The first-order chi connectivity index (χ1) is 9.90. The topological polar surface area (TPSA) is 70.1 Å². The minimum atomic E-state index is -0.209. The number of ether oxygens (including phenoxy) is 1. The van der Waals surface area contributed by atoms with Gasteiger partial charge in [0.25, 0.3) is 0 Å². The summed E-state index contributed by atoms with van der Waals surface area (Å²) in [5.74, 6) is 0.413. The molecule has 0 saturated carbocycles. The van der Waals surface area contributed by atoms with Gasteiger partial charge in [0.1, 0.15) is 11.6 Å². The van der Waals surface area contributed by atoms with Crippen LogP contribution in [0, 0.1) is 0 Å². The summed E-state index contributed by atoms with van der Waals surface area (Å²) in [6, 6.07) is 0. The number of carbonyl (C=O) groups excluding carboxylic acids is 2. The first-order valence-corrected chi connectivity index (χ1v) is 7.55. The molecule has 2 atom stereocenters. The van der Waals surface area contributed by atoms with Crippen LogP contribution >= 0.6 is 0 Å². The quantitative estimate of drug-likeness (QED) is 0.767. The number of Topliss-reactive ketones (excluding diaryl/α,β-unsaturated/α-hetero) is 2. The molecule has 1 N–H and O–H groups in total. The van der Waals surface area contributed by atoms with Crippen LogP contribution in [-0.4, -0.2) is 85.1 Å². The molecular formula is C15H28N2O4. The van der Waals surface area contributed by atoms with E-state index in [1.54, 1.807) is 21.0 Å². The fraction of sp³-hybridized carbons (Fsp3) is 0.867. The second-order valence-corrected chi connectivity index (χ2v) is 5.96. The Kier molecular flexibility index (Phi) is 8.03. The Morgan fingerprint density at radius 1 is 1.05 bits per heavy atom. The van der Waals surface area contributed by atoms with Gasteiger partial charge >= 0.3 is 0 Å². The Morgan fingerprint density at radius 2 is 1.57 bits per heavy atom. The number of aliphatic hydroxyl groups is 1. The third-order valence-corrected chi connectivity index (χ3v) is 3.70. The van der Waals surface area contributed by atoms with Gasteiger partial charge < -0.3 is 9.84 Å².